The van der Waals surface area contributed by atoms with Crippen molar-refractivity contribution >= 4 is 22.4 Å². The molecule has 0 spiro atoms. The van der Waals surface area contributed by atoms with Crippen LogP contribution in [0.3, 0.4) is 0 Å². The van der Waals surface area contributed by atoms with Gasteiger partial charge in [-0.25, -0.2) is 9.97 Å². The lowest BCUT2D eigenvalue weighted by atomic mass is 10.1. The quantitative estimate of drug-likeness (QED) is 0.586. The highest BCUT2D eigenvalue weighted by Gasteiger charge is 2.09. The maximum atomic E-state index is 12.6. The molecule has 0 bridgehead atoms. The highest BCUT2D eigenvalue weighted by molar-refractivity contribution is 6.05. The number of carbonyl (C=O) groups excluding carboxylic acids is 1. The summed E-state index contributed by atoms with van der Waals surface area (Å²) in [5.74, 6) is 0.294. The van der Waals surface area contributed by atoms with Crippen LogP contribution in [0.4, 0.5) is 5.69 Å². The molecule has 126 valence electrons. The van der Waals surface area contributed by atoms with Gasteiger partial charge in [0.15, 0.2) is 0 Å². The Morgan fingerprint density at radius 3 is 2.46 bits per heavy atom. The third-order valence-electron chi connectivity index (χ3n) is 3.85. The van der Waals surface area contributed by atoms with Crippen molar-refractivity contribution in [2.75, 3.05) is 5.32 Å². The predicted octanol–water partition coefficient (Wildman–Crippen LogP) is 4.67. The molecule has 0 aliphatic carbocycles. The van der Waals surface area contributed by atoms with Gasteiger partial charge in [0.05, 0.1) is 0 Å². The maximum Gasteiger partial charge on any atom is 0.321 e. The number of amides is 1. The van der Waals surface area contributed by atoms with Gasteiger partial charge in [-0.1, -0.05) is 36.4 Å². The van der Waals surface area contributed by atoms with Crippen LogP contribution in [0.15, 0.2) is 85.2 Å². The van der Waals surface area contributed by atoms with E-state index in [-0.39, 0.29) is 11.9 Å². The van der Waals surface area contributed by atoms with E-state index in [0.717, 1.165) is 16.5 Å². The number of nitrogens with one attached hydrogen (secondary N) is 1. The largest absolute Gasteiger partial charge is 0.424 e. The van der Waals surface area contributed by atoms with Crippen LogP contribution < -0.4 is 10.1 Å². The molecule has 0 atom stereocenters. The van der Waals surface area contributed by atoms with Crippen molar-refractivity contribution in [3.8, 4) is 11.8 Å². The molecule has 4 rings (SSSR count). The van der Waals surface area contributed by atoms with Gasteiger partial charge in [0.2, 0.25) is 0 Å². The van der Waals surface area contributed by atoms with Crippen molar-refractivity contribution in [3.63, 3.8) is 0 Å². The predicted molar refractivity (Wildman–Crippen MR) is 100 cm³/mol. The van der Waals surface area contributed by atoms with E-state index < -0.39 is 0 Å². The topological polar surface area (TPSA) is 64.1 Å². The SMILES string of the molecule is O=C(Nc1ccc2ccccc2c1)c1cccc(Oc2ncccn2)c1. The monoisotopic (exact) mass is 341 g/mol. The van der Waals surface area contributed by atoms with Crippen LogP contribution >= 0.6 is 0 Å². The van der Waals surface area contributed by atoms with Gasteiger partial charge in [-0.3, -0.25) is 4.79 Å². The molecule has 0 unspecified atom stereocenters. The first-order chi connectivity index (χ1) is 12.8. The van der Waals surface area contributed by atoms with Crippen molar-refractivity contribution in [2.24, 2.45) is 0 Å². The van der Waals surface area contributed by atoms with E-state index in [1.807, 2.05) is 42.5 Å². The van der Waals surface area contributed by atoms with Gasteiger partial charge in [0.25, 0.3) is 5.91 Å². The average Bonchev–Trinajstić information content (AvgIpc) is 2.69. The van der Waals surface area contributed by atoms with Gasteiger partial charge >= 0.3 is 6.01 Å². The van der Waals surface area contributed by atoms with Gasteiger partial charge < -0.3 is 10.1 Å². The molecule has 1 amide bonds. The van der Waals surface area contributed by atoms with E-state index >= 15 is 0 Å². The minimum atomic E-state index is -0.209. The Balaban J connectivity index is 1.53. The van der Waals surface area contributed by atoms with Crippen molar-refractivity contribution in [1.29, 1.82) is 0 Å². The molecule has 1 N–H and O–H groups in total. The Morgan fingerprint density at radius 2 is 1.62 bits per heavy atom. The Bertz CT molecular complexity index is 1060. The van der Waals surface area contributed by atoms with Crippen molar-refractivity contribution in [3.05, 3.63) is 90.8 Å². The molecule has 0 fully saturated rings. The number of rotatable bonds is 4. The second-order valence-electron chi connectivity index (χ2n) is 5.68. The Labute approximate surface area is 150 Å². The van der Waals surface area contributed by atoms with E-state index in [1.54, 1.807) is 42.7 Å². The van der Waals surface area contributed by atoms with E-state index in [0.29, 0.717) is 11.3 Å². The van der Waals surface area contributed by atoms with E-state index in [4.69, 9.17) is 4.74 Å². The fraction of sp³-hybridized carbons (Fsp3) is 0. The lowest BCUT2D eigenvalue weighted by molar-refractivity contribution is 0.102. The summed E-state index contributed by atoms with van der Waals surface area (Å²) >= 11 is 0. The fourth-order valence-electron chi connectivity index (χ4n) is 2.61. The second kappa shape index (κ2) is 7.03. The molecule has 0 radical (unpaired) electrons. The number of fused-ring (bicyclic) bond motifs is 1. The summed E-state index contributed by atoms with van der Waals surface area (Å²) in [5, 5.41) is 5.12. The number of benzene rings is 3. The molecule has 5 heteroatoms. The smallest absolute Gasteiger partial charge is 0.321 e. The van der Waals surface area contributed by atoms with Crippen molar-refractivity contribution < 1.29 is 9.53 Å². The average molecular weight is 341 g/mol. The number of anilines is 1. The van der Waals surface area contributed by atoms with E-state index in [1.165, 1.54) is 0 Å². The lowest BCUT2D eigenvalue weighted by Crippen LogP contribution is -2.11. The molecule has 4 aromatic rings. The number of hydrogen-bond acceptors (Lipinski definition) is 4. The Hall–Kier alpha value is -3.73. The van der Waals surface area contributed by atoms with Crippen LogP contribution in [-0.2, 0) is 0 Å². The first-order valence-corrected chi connectivity index (χ1v) is 8.13. The minimum absolute atomic E-state index is 0.209. The van der Waals surface area contributed by atoms with E-state index in [9.17, 15) is 4.79 Å². The third-order valence-corrected chi connectivity index (χ3v) is 3.85. The number of aromatic nitrogens is 2. The summed E-state index contributed by atoms with van der Waals surface area (Å²) in [6, 6.07) is 22.7. The Kier molecular flexibility index (Phi) is 4.26. The molecule has 5 nitrogen and oxygen atoms in total. The van der Waals surface area contributed by atoms with Gasteiger partial charge in [0.1, 0.15) is 5.75 Å². The molecule has 3 aromatic carbocycles. The summed E-state index contributed by atoms with van der Waals surface area (Å²) in [7, 11) is 0. The lowest BCUT2D eigenvalue weighted by Gasteiger charge is -2.08. The molecular formula is C21H15N3O2. The highest BCUT2D eigenvalue weighted by Crippen LogP contribution is 2.21. The normalized spacial score (nSPS) is 10.5. The van der Waals surface area contributed by atoms with Crippen LogP contribution in [0.25, 0.3) is 10.8 Å². The van der Waals surface area contributed by atoms with Gasteiger partial charge in [-0.15, -0.1) is 0 Å². The standard InChI is InChI=1S/C21H15N3O2/c25-20(24-18-10-9-15-5-1-2-6-16(15)13-18)17-7-3-8-19(14-17)26-21-22-11-4-12-23-21/h1-14H,(H,24,25). The summed E-state index contributed by atoms with van der Waals surface area (Å²) < 4.78 is 5.57. The molecule has 1 heterocycles. The van der Waals surface area contributed by atoms with Gasteiger partial charge in [-0.2, -0.15) is 0 Å². The first kappa shape index (κ1) is 15.8. The molecule has 0 saturated heterocycles. The van der Waals surface area contributed by atoms with Gasteiger partial charge in [0, 0.05) is 23.6 Å². The molecule has 0 saturated carbocycles. The van der Waals surface area contributed by atoms with Gasteiger partial charge in [-0.05, 0) is 47.2 Å². The summed E-state index contributed by atoms with van der Waals surface area (Å²) in [5.41, 5.74) is 1.23. The molecular weight excluding hydrogens is 326 g/mol. The van der Waals surface area contributed by atoms with Crippen LogP contribution in [-0.4, -0.2) is 15.9 Å². The molecule has 1 aromatic heterocycles. The van der Waals surface area contributed by atoms with E-state index in [2.05, 4.69) is 15.3 Å². The third kappa shape index (κ3) is 3.52. The van der Waals surface area contributed by atoms with Crippen LogP contribution in [0.2, 0.25) is 0 Å². The number of carbonyl (C=O) groups is 1. The summed E-state index contributed by atoms with van der Waals surface area (Å²) in [6.07, 6.45) is 3.19. The first-order valence-electron chi connectivity index (χ1n) is 8.13. The summed E-state index contributed by atoms with van der Waals surface area (Å²) in [6.45, 7) is 0. The Morgan fingerprint density at radius 1 is 0.808 bits per heavy atom. The molecule has 26 heavy (non-hydrogen) atoms. The van der Waals surface area contributed by atoms with Crippen molar-refractivity contribution in [1.82, 2.24) is 9.97 Å². The fourth-order valence-corrected chi connectivity index (χ4v) is 2.61. The van der Waals surface area contributed by atoms with Crippen LogP contribution in [0.5, 0.6) is 11.8 Å². The van der Waals surface area contributed by atoms with Crippen molar-refractivity contribution in [2.45, 2.75) is 0 Å². The highest BCUT2D eigenvalue weighted by atomic mass is 16.5. The molecule has 0 aliphatic rings. The zero-order valence-corrected chi connectivity index (χ0v) is 13.8. The molecule has 0 aliphatic heterocycles. The number of nitrogens with zero attached hydrogens (tertiary/aromatic N) is 2. The zero-order chi connectivity index (χ0) is 17.8. The maximum absolute atomic E-state index is 12.6. The second-order valence-corrected chi connectivity index (χ2v) is 5.68. The minimum Gasteiger partial charge on any atom is -0.424 e. The number of ether oxygens (including phenoxy) is 1. The number of hydrogen-bond donors (Lipinski definition) is 1. The van der Waals surface area contributed by atoms with Crippen LogP contribution in [0, 0.1) is 0 Å². The summed E-state index contributed by atoms with van der Waals surface area (Å²) in [4.78, 5) is 20.6. The zero-order valence-electron chi connectivity index (χ0n) is 13.8. The van der Waals surface area contributed by atoms with Crippen LogP contribution in [0.1, 0.15) is 10.4 Å².